The molecule has 0 spiro atoms. The molecule has 0 aromatic heterocycles. The summed E-state index contributed by atoms with van der Waals surface area (Å²) in [4.78, 5) is 22.2. The fourth-order valence-electron chi connectivity index (χ4n) is 1.23. The second-order valence-electron chi connectivity index (χ2n) is 3.09. The topological polar surface area (TPSA) is 52.6 Å². The molecule has 4 nitrogen and oxygen atoms in total. The molecular formula is C11H9BrF2O4. The van der Waals surface area contributed by atoms with E-state index in [0.717, 1.165) is 6.07 Å². The summed E-state index contributed by atoms with van der Waals surface area (Å²) in [6.07, 6.45) is 0.358. The number of halogens is 3. The van der Waals surface area contributed by atoms with Crippen molar-refractivity contribution in [1.82, 2.24) is 0 Å². The van der Waals surface area contributed by atoms with Crippen LogP contribution in [-0.2, 0) is 4.74 Å². The fraction of sp³-hybridized carbons (Fsp3) is 0.273. The molecule has 0 bridgehead atoms. The minimum Gasteiger partial charge on any atom is -0.462 e. The molecule has 0 saturated carbocycles. The van der Waals surface area contributed by atoms with Crippen molar-refractivity contribution in [3.05, 3.63) is 27.7 Å². The number of hydrogen-bond acceptors (Lipinski definition) is 4. The third-order valence-electron chi connectivity index (χ3n) is 1.94. The fourth-order valence-corrected chi connectivity index (χ4v) is 1.77. The number of carbonyl (C=O) groups excluding carboxylic acids is 2. The third kappa shape index (κ3) is 3.49. The Hall–Kier alpha value is -1.50. The van der Waals surface area contributed by atoms with E-state index in [1.54, 1.807) is 6.92 Å². The minimum atomic E-state index is -3.09. The molecule has 0 aliphatic carbocycles. The van der Waals surface area contributed by atoms with Gasteiger partial charge in [0, 0.05) is 4.47 Å². The van der Waals surface area contributed by atoms with Crippen molar-refractivity contribution < 1.29 is 27.8 Å². The van der Waals surface area contributed by atoms with Crippen LogP contribution in [0.5, 0.6) is 5.75 Å². The van der Waals surface area contributed by atoms with E-state index in [-0.39, 0.29) is 28.0 Å². The van der Waals surface area contributed by atoms with Gasteiger partial charge in [-0.2, -0.15) is 8.78 Å². The van der Waals surface area contributed by atoms with Gasteiger partial charge in [-0.15, -0.1) is 0 Å². The number of hydrogen-bond donors (Lipinski definition) is 0. The van der Waals surface area contributed by atoms with Gasteiger partial charge in [0.05, 0.1) is 17.7 Å². The largest absolute Gasteiger partial charge is 0.462 e. The Morgan fingerprint density at radius 1 is 1.50 bits per heavy atom. The number of carbonyl (C=O) groups is 2. The molecule has 0 unspecified atom stereocenters. The molecule has 0 radical (unpaired) electrons. The van der Waals surface area contributed by atoms with Gasteiger partial charge in [0.2, 0.25) is 0 Å². The van der Waals surface area contributed by atoms with Gasteiger partial charge in [-0.25, -0.2) is 4.79 Å². The van der Waals surface area contributed by atoms with E-state index in [1.165, 1.54) is 6.07 Å². The van der Waals surface area contributed by atoms with Crippen LogP contribution < -0.4 is 4.74 Å². The molecule has 0 N–H and O–H groups in total. The molecule has 0 aliphatic rings. The van der Waals surface area contributed by atoms with Gasteiger partial charge < -0.3 is 9.47 Å². The quantitative estimate of drug-likeness (QED) is 0.617. The van der Waals surface area contributed by atoms with Crippen molar-refractivity contribution >= 4 is 28.2 Å². The van der Waals surface area contributed by atoms with E-state index in [2.05, 4.69) is 20.7 Å². The Balaban J connectivity index is 3.20. The maximum atomic E-state index is 12.2. The summed E-state index contributed by atoms with van der Waals surface area (Å²) in [5.41, 5.74) is -0.0756. The zero-order valence-corrected chi connectivity index (χ0v) is 10.9. The summed E-state index contributed by atoms with van der Waals surface area (Å²) in [6.45, 7) is -1.33. The van der Waals surface area contributed by atoms with E-state index in [1.807, 2.05) is 0 Å². The molecular weight excluding hydrogens is 314 g/mol. The van der Waals surface area contributed by atoms with Crippen LogP contribution in [0.15, 0.2) is 16.6 Å². The second kappa shape index (κ2) is 6.44. The number of rotatable bonds is 5. The van der Waals surface area contributed by atoms with Crippen LogP contribution in [0, 0.1) is 0 Å². The molecule has 1 aromatic rings. The van der Waals surface area contributed by atoms with Crippen LogP contribution >= 0.6 is 15.9 Å². The third-order valence-corrected chi connectivity index (χ3v) is 2.59. The molecule has 0 saturated heterocycles. The molecule has 0 atom stereocenters. The van der Waals surface area contributed by atoms with Gasteiger partial charge in [-0.05, 0) is 35.0 Å². The van der Waals surface area contributed by atoms with E-state index in [9.17, 15) is 18.4 Å². The highest BCUT2D eigenvalue weighted by Gasteiger charge is 2.17. The molecule has 0 amide bonds. The molecule has 7 heteroatoms. The number of alkyl halides is 2. The Bertz CT molecular complexity index is 463. The first-order valence-corrected chi connectivity index (χ1v) is 5.69. The SMILES string of the molecule is CCOC(=O)c1cc(Br)c(C=O)c(OC(F)F)c1. The average molecular weight is 323 g/mol. The number of ether oxygens (including phenoxy) is 2. The second-order valence-corrected chi connectivity index (χ2v) is 3.94. The first-order chi connectivity index (χ1) is 8.49. The van der Waals surface area contributed by atoms with Crippen molar-refractivity contribution in [3.8, 4) is 5.75 Å². The molecule has 0 aliphatic heterocycles. The highest BCUT2D eigenvalue weighted by molar-refractivity contribution is 9.10. The minimum absolute atomic E-state index is 0.0185. The van der Waals surface area contributed by atoms with Crippen molar-refractivity contribution in [1.29, 1.82) is 0 Å². The van der Waals surface area contributed by atoms with E-state index < -0.39 is 12.6 Å². The zero-order valence-electron chi connectivity index (χ0n) is 9.28. The van der Waals surface area contributed by atoms with E-state index in [4.69, 9.17) is 4.74 Å². The summed E-state index contributed by atoms with van der Waals surface area (Å²) in [7, 11) is 0. The van der Waals surface area contributed by atoms with Crippen molar-refractivity contribution in [2.45, 2.75) is 13.5 Å². The summed E-state index contributed by atoms with van der Waals surface area (Å²) >= 11 is 3.00. The van der Waals surface area contributed by atoms with Crippen LogP contribution in [0.4, 0.5) is 8.78 Å². The maximum Gasteiger partial charge on any atom is 0.387 e. The molecule has 0 heterocycles. The summed E-state index contributed by atoms with van der Waals surface area (Å²) < 4.78 is 33.4. The van der Waals surface area contributed by atoms with Gasteiger partial charge in [0.1, 0.15) is 5.75 Å². The smallest absolute Gasteiger partial charge is 0.387 e. The molecule has 0 fully saturated rings. The summed E-state index contributed by atoms with van der Waals surface area (Å²) in [5.74, 6) is -1.06. The summed E-state index contributed by atoms with van der Waals surface area (Å²) in [6, 6.07) is 2.35. The lowest BCUT2D eigenvalue weighted by atomic mass is 10.1. The van der Waals surface area contributed by atoms with Crippen LogP contribution in [0.25, 0.3) is 0 Å². The first kappa shape index (κ1) is 14.6. The van der Waals surface area contributed by atoms with Crippen LogP contribution in [0.2, 0.25) is 0 Å². The Morgan fingerprint density at radius 2 is 2.17 bits per heavy atom. The molecule has 1 aromatic carbocycles. The number of esters is 1. The van der Waals surface area contributed by atoms with Gasteiger partial charge >= 0.3 is 12.6 Å². The van der Waals surface area contributed by atoms with Crippen LogP contribution in [0.3, 0.4) is 0 Å². The average Bonchev–Trinajstić information content (AvgIpc) is 2.28. The first-order valence-electron chi connectivity index (χ1n) is 4.90. The Morgan fingerprint density at radius 3 is 2.67 bits per heavy atom. The van der Waals surface area contributed by atoms with Gasteiger partial charge in [-0.3, -0.25) is 4.79 Å². The van der Waals surface area contributed by atoms with Gasteiger partial charge in [0.25, 0.3) is 0 Å². The van der Waals surface area contributed by atoms with Gasteiger partial charge in [-0.1, -0.05) is 0 Å². The number of benzene rings is 1. The molecule has 98 valence electrons. The predicted octanol–water partition coefficient (Wildman–Crippen LogP) is 3.04. The van der Waals surface area contributed by atoms with Gasteiger partial charge in [0.15, 0.2) is 6.29 Å². The highest BCUT2D eigenvalue weighted by Crippen LogP contribution is 2.29. The van der Waals surface area contributed by atoms with Crippen molar-refractivity contribution in [2.24, 2.45) is 0 Å². The molecule has 1 rings (SSSR count). The number of aldehydes is 1. The predicted molar refractivity (Wildman–Crippen MR) is 62.1 cm³/mol. The Kier molecular flexibility index (Phi) is 5.21. The van der Waals surface area contributed by atoms with E-state index >= 15 is 0 Å². The lowest BCUT2D eigenvalue weighted by molar-refractivity contribution is -0.0502. The molecule has 18 heavy (non-hydrogen) atoms. The zero-order chi connectivity index (χ0) is 13.7. The highest BCUT2D eigenvalue weighted by atomic mass is 79.9. The van der Waals surface area contributed by atoms with Crippen molar-refractivity contribution in [3.63, 3.8) is 0 Å². The summed E-state index contributed by atoms with van der Waals surface area (Å²) in [5, 5.41) is 0. The monoisotopic (exact) mass is 322 g/mol. The van der Waals surface area contributed by atoms with Crippen molar-refractivity contribution in [2.75, 3.05) is 6.61 Å². The normalized spacial score (nSPS) is 10.3. The van der Waals surface area contributed by atoms with Crippen LogP contribution in [0.1, 0.15) is 27.6 Å². The lowest BCUT2D eigenvalue weighted by Gasteiger charge is -2.10. The lowest BCUT2D eigenvalue weighted by Crippen LogP contribution is -2.09. The maximum absolute atomic E-state index is 12.2. The van der Waals surface area contributed by atoms with E-state index in [0.29, 0.717) is 6.29 Å². The standard InChI is InChI=1S/C11H9BrF2O4/c1-2-17-10(16)6-3-8(12)7(5-15)9(4-6)18-11(13)14/h3-5,11H,2H2,1H3. The van der Waals surface area contributed by atoms with Crippen LogP contribution in [-0.4, -0.2) is 25.5 Å². The Labute approximate surface area is 110 Å².